The van der Waals surface area contributed by atoms with E-state index in [0.717, 1.165) is 13.0 Å². The molecule has 6 heteroatoms. The van der Waals surface area contributed by atoms with E-state index in [1.165, 1.54) is 22.8 Å². The Hall–Kier alpha value is -0.170. The fraction of sp³-hybridized carbons (Fsp3) is 0.727. The van der Waals surface area contributed by atoms with Crippen LogP contribution in [0.2, 0.25) is 0 Å². The maximum Gasteiger partial charge on any atom is 0.0617 e. The summed E-state index contributed by atoms with van der Waals surface area (Å²) in [5, 5.41) is 4.93. The molecule has 3 N–H and O–H groups in total. The Bertz CT molecular complexity index is 336. The smallest absolute Gasteiger partial charge is 0.0617 e. The Morgan fingerprint density at radius 1 is 1.65 bits per heavy atom. The second-order valence-electron chi connectivity index (χ2n) is 4.17. The van der Waals surface area contributed by atoms with Crippen LogP contribution in [0.3, 0.4) is 0 Å². The lowest BCUT2D eigenvalue weighted by atomic mass is 10.1. The van der Waals surface area contributed by atoms with Crippen molar-refractivity contribution in [1.29, 1.82) is 0 Å². The van der Waals surface area contributed by atoms with Crippen molar-refractivity contribution in [3.05, 3.63) is 18.0 Å². The Kier molecular flexibility index (Phi) is 5.21. The number of aryl methyl sites for hydroxylation is 1. The molecule has 1 aromatic rings. The summed E-state index contributed by atoms with van der Waals surface area (Å²) in [5.41, 5.74) is 4.17. The highest BCUT2D eigenvalue weighted by atomic mass is 32.2. The van der Waals surface area contributed by atoms with Gasteiger partial charge in [0.25, 0.3) is 0 Å². The van der Waals surface area contributed by atoms with Crippen molar-refractivity contribution in [3.8, 4) is 0 Å². The van der Waals surface area contributed by atoms with Crippen LogP contribution in [-0.2, 0) is 6.54 Å². The van der Waals surface area contributed by atoms with Crippen LogP contribution in [0, 0.1) is 0 Å². The first kappa shape index (κ1) is 13.3. The minimum absolute atomic E-state index is 0.221. The molecule has 96 valence electrons. The molecule has 2 unspecified atom stereocenters. The second-order valence-corrected chi connectivity index (χ2v) is 6.66. The SMILES string of the molecule is CCCn1cc(C(NN)C2CSCCS2)cn1. The molecule has 0 bridgehead atoms. The van der Waals surface area contributed by atoms with Crippen molar-refractivity contribution in [1.82, 2.24) is 15.2 Å². The molecule has 0 aliphatic carbocycles. The van der Waals surface area contributed by atoms with Gasteiger partial charge in [-0.15, -0.1) is 0 Å². The third-order valence-electron chi connectivity index (χ3n) is 2.86. The standard InChI is InChI=1S/C11H20N4S2/c1-2-3-15-7-9(6-13-15)11(14-12)10-8-16-4-5-17-10/h6-7,10-11,14H,2-5,8,12H2,1H3. The van der Waals surface area contributed by atoms with Gasteiger partial charge in [-0.05, 0) is 6.42 Å². The maximum absolute atomic E-state index is 5.71. The van der Waals surface area contributed by atoms with Gasteiger partial charge >= 0.3 is 0 Å². The molecule has 0 spiro atoms. The third-order valence-corrected chi connectivity index (χ3v) is 5.72. The summed E-state index contributed by atoms with van der Waals surface area (Å²) in [6, 6.07) is 0.221. The molecule has 2 heterocycles. The fourth-order valence-electron chi connectivity index (χ4n) is 2.01. The summed E-state index contributed by atoms with van der Waals surface area (Å²) in [7, 11) is 0. The lowest BCUT2D eigenvalue weighted by Gasteiger charge is -2.28. The fourth-order valence-corrected chi connectivity index (χ4v) is 4.86. The van der Waals surface area contributed by atoms with E-state index in [1.54, 1.807) is 0 Å². The Labute approximate surface area is 111 Å². The van der Waals surface area contributed by atoms with E-state index in [1.807, 2.05) is 34.4 Å². The van der Waals surface area contributed by atoms with E-state index < -0.39 is 0 Å². The van der Waals surface area contributed by atoms with Crippen LogP contribution >= 0.6 is 23.5 Å². The van der Waals surface area contributed by atoms with Crippen LogP contribution in [0.4, 0.5) is 0 Å². The zero-order valence-corrected chi connectivity index (χ0v) is 11.8. The zero-order valence-electron chi connectivity index (χ0n) is 10.1. The van der Waals surface area contributed by atoms with Gasteiger partial charge in [-0.3, -0.25) is 16.0 Å². The summed E-state index contributed by atoms with van der Waals surface area (Å²) in [6.07, 6.45) is 5.17. The Morgan fingerprint density at radius 2 is 2.53 bits per heavy atom. The topological polar surface area (TPSA) is 55.9 Å². The molecule has 0 saturated carbocycles. The summed E-state index contributed by atoms with van der Waals surface area (Å²) in [5.74, 6) is 9.35. The van der Waals surface area contributed by atoms with Crippen molar-refractivity contribution in [2.75, 3.05) is 17.3 Å². The predicted octanol–water partition coefficient (Wildman–Crippen LogP) is 1.65. The average molecular weight is 272 g/mol. The van der Waals surface area contributed by atoms with Gasteiger partial charge in [0.15, 0.2) is 0 Å². The molecule has 1 aliphatic rings. The number of aromatic nitrogens is 2. The number of thioether (sulfide) groups is 2. The molecule has 0 amide bonds. The number of nitrogens with two attached hydrogens (primary N) is 1. The van der Waals surface area contributed by atoms with E-state index in [9.17, 15) is 0 Å². The first-order valence-corrected chi connectivity index (χ1v) is 8.23. The van der Waals surface area contributed by atoms with Gasteiger partial charge in [-0.2, -0.15) is 28.6 Å². The van der Waals surface area contributed by atoms with Crippen LogP contribution in [0.15, 0.2) is 12.4 Å². The van der Waals surface area contributed by atoms with Crippen LogP contribution in [0.5, 0.6) is 0 Å². The van der Waals surface area contributed by atoms with Gasteiger partial charge < -0.3 is 0 Å². The van der Waals surface area contributed by atoms with Crippen LogP contribution in [-0.4, -0.2) is 32.3 Å². The van der Waals surface area contributed by atoms with Crippen LogP contribution in [0.25, 0.3) is 0 Å². The molecule has 0 radical (unpaired) electrons. The van der Waals surface area contributed by atoms with Gasteiger partial charge in [-0.25, -0.2) is 0 Å². The van der Waals surface area contributed by atoms with Gasteiger partial charge in [0.2, 0.25) is 0 Å². The largest absolute Gasteiger partial charge is 0.272 e. The number of nitrogens with zero attached hydrogens (tertiary/aromatic N) is 2. The first-order chi connectivity index (χ1) is 8.35. The number of rotatable bonds is 5. The van der Waals surface area contributed by atoms with Crippen molar-refractivity contribution in [2.24, 2.45) is 5.84 Å². The molecule has 1 saturated heterocycles. The Balaban J connectivity index is 2.04. The minimum Gasteiger partial charge on any atom is -0.272 e. The van der Waals surface area contributed by atoms with E-state index in [0.29, 0.717) is 5.25 Å². The normalized spacial score (nSPS) is 22.6. The molecule has 1 aromatic heterocycles. The Morgan fingerprint density at radius 3 is 3.18 bits per heavy atom. The highest BCUT2D eigenvalue weighted by molar-refractivity contribution is 8.06. The maximum atomic E-state index is 5.71. The second kappa shape index (κ2) is 6.68. The van der Waals surface area contributed by atoms with E-state index in [-0.39, 0.29) is 6.04 Å². The van der Waals surface area contributed by atoms with E-state index in [2.05, 4.69) is 23.6 Å². The molecule has 4 nitrogen and oxygen atoms in total. The zero-order chi connectivity index (χ0) is 12.1. The quantitative estimate of drug-likeness (QED) is 0.630. The highest BCUT2D eigenvalue weighted by Gasteiger charge is 2.26. The van der Waals surface area contributed by atoms with Gasteiger partial charge in [0.1, 0.15) is 0 Å². The molecule has 2 rings (SSSR count). The molecule has 0 aromatic carbocycles. The van der Waals surface area contributed by atoms with Gasteiger partial charge in [0.05, 0.1) is 12.2 Å². The lowest BCUT2D eigenvalue weighted by molar-refractivity contribution is 0.549. The number of hydrazine groups is 1. The minimum atomic E-state index is 0.221. The van der Waals surface area contributed by atoms with Gasteiger partial charge in [-0.1, -0.05) is 6.92 Å². The monoisotopic (exact) mass is 272 g/mol. The van der Waals surface area contributed by atoms with E-state index >= 15 is 0 Å². The van der Waals surface area contributed by atoms with Crippen molar-refractivity contribution in [3.63, 3.8) is 0 Å². The third kappa shape index (κ3) is 3.40. The summed E-state index contributed by atoms with van der Waals surface area (Å²) in [4.78, 5) is 0. The van der Waals surface area contributed by atoms with Crippen molar-refractivity contribution >= 4 is 23.5 Å². The summed E-state index contributed by atoms with van der Waals surface area (Å²) >= 11 is 4.03. The average Bonchev–Trinajstić information content (AvgIpc) is 2.81. The highest BCUT2D eigenvalue weighted by Crippen LogP contribution is 2.32. The van der Waals surface area contributed by atoms with Gasteiger partial charge in [0, 0.05) is 40.8 Å². The molecule has 1 fully saturated rings. The first-order valence-electron chi connectivity index (χ1n) is 6.03. The van der Waals surface area contributed by atoms with Crippen LogP contribution < -0.4 is 11.3 Å². The lowest BCUT2D eigenvalue weighted by Crippen LogP contribution is -2.37. The summed E-state index contributed by atoms with van der Waals surface area (Å²) < 4.78 is 2.00. The van der Waals surface area contributed by atoms with E-state index in [4.69, 9.17) is 5.84 Å². The summed E-state index contributed by atoms with van der Waals surface area (Å²) in [6.45, 7) is 3.14. The molecule has 2 atom stereocenters. The molecular formula is C11H20N4S2. The molecule has 17 heavy (non-hydrogen) atoms. The molecular weight excluding hydrogens is 252 g/mol. The van der Waals surface area contributed by atoms with Crippen molar-refractivity contribution < 1.29 is 0 Å². The predicted molar refractivity (Wildman–Crippen MR) is 76.2 cm³/mol. The molecule has 1 aliphatic heterocycles. The van der Waals surface area contributed by atoms with Crippen molar-refractivity contribution in [2.45, 2.75) is 31.2 Å². The number of hydrogen-bond donors (Lipinski definition) is 2. The van der Waals surface area contributed by atoms with Crippen LogP contribution in [0.1, 0.15) is 24.9 Å². The number of hydrogen-bond acceptors (Lipinski definition) is 5. The number of nitrogens with one attached hydrogen (secondary N) is 1.